The summed E-state index contributed by atoms with van der Waals surface area (Å²) in [5.41, 5.74) is 1.11. The fraction of sp³-hybridized carbons (Fsp3) is 0.250. The van der Waals surface area contributed by atoms with Crippen molar-refractivity contribution in [1.82, 2.24) is 4.90 Å². The number of amides is 1. The lowest BCUT2D eigenvalue weighted by Crippen LogP contribution is -2.43. The van der Waals surface area contributed by atoms with Gasteiger partial charge in [-0.05, 0) is 5.56 Å². The third-order valence-electron chi connectivity index (χ3n) is 2.67. The summed E-state index contributed by atoms with van der Waals surface area (Å²) < 4.78 is 0.378. The van der Waals surface area contributed by atoms with E-state index >= 15 is 0 Å². The van der Waals surface area contributed by atoms with Crippen molar-refractivity contribution in [3.05, 3.63) is 46.5 Å². The topological polar surface area (TPSA) is 20.3 Å². The van der Waals surface area contributed by atoms with Crippen molar-refractivity contribution in [3.8, 4) is 0 Å². The molecule has 17 heavy (non-hydrogen) atoms. The number of hydrogen-bond acceptors (Lipinski definition) is 1. The van der Waals surface area contributed by atoms with Crippen LogP contribution in [0.3, 0.4) is 0 Å². The smallest absolute Gasteiger partial charge is 0.249 e. The fourth-order valence-electron chi connectivity index (χ4n) is 1.71. The van der Waals surface area contributed by atoms with E-state index in [9.17, 15) is 4.79 Å². The van der Waals surface area contributed by atoms with Crippen LogP contribution in [0.15, 0.2) is 40.9 Å². The molecule has 0 bridgehead atoms. The van der Waals surface area contributed by atoms with Crippen LogP contribution in [0.25, 0.3) is 0 Å². The van der Waals surface area contributed by atoms with Crippen molar-refractivity contribution in [3.63, 3.8) is 0 Å². The minimum atomic E-state index is -0.472. The Morgan fingerprint density at radius 3 is 2.47 bits per heavy atom. The van der Waals surface area contributed by atoms with Gasteiger partial charge in [0.15, 0.2) is 0 Å². The van der Waals surface area contributed by atoms with Crippen molar-refractivity contribution >= 4 is 53.7 Å². The van der Waals surface area contributed by atoms with E-state index < -0.39 is 4.45 Å². The molecule has 0 aliphatic carbocycles. The highest BCUT2D eigenvalue weighted by Crippen LogP contribution is 2.42. The Kier molecular flexibility index (Phi) is 4.10. The number of halogens is 3. The molecule has 0 saturated carbocycles. The molecule has 5 heteroatoms. The number of hydrogen-bond donors (Lipinski definition) is 0. The minimum Gasteiger partial charge on any atom is -0.314 e. The molecule has 0 saturated heterocycles. The van der Waals surface area contributed by atoms with Crippen LogP contribution in [0, 0.1) is 0 Å². The van der Waals surface area contributed by atoms with Gasteiger partial charge in [0.25, 0.3) is 0 Å². The molecule has 0 aromatic heterocycles. The molecular formula is C12H10Br3NO. The van der Waals surface area contributed by atoms with Gasteiger partial charge in [0.1, 0.15) is 4.45 Å². The predicted octanol–water partition coefficient (Wildman–Crippen LogP) is 3.79. The van der Waals surface area contributed by atoms with Crippen molar-refractivity contribution < 1.29 is 4.79 Å². The van der Waals surface area contributed by atoms with E-state index in [2.05, 4.69) is 47.8 Å². The molecule has 90 valence electrons. The average Bonchev–Trinajstić information content (AvgIpc) is 2.55. The fourth-order valence-corrected chi connectivity index (χ4v) is 3.65. The number of nitrogens with zero attached hydrogens (tertiary/aromatic N) is 1. The summed E-state index contributed by atoms with van der Waals surface area (Å²) in [5, 5.41) is 0.635. The highest BCUT2D eigenvalue weighted by molar-refractivity contribution is 9.15. The molecule has 0 radical (unpaired) electrons. The zero-order valence-corrected chi connectivity index (χ0v) is 13.6. The summed E-state index contributed by atoms with van der Waals surface area (Å²) in [7, 11) is 0. The molecule has 2 rings (SSSR count). The van der Waals surface area contributed by atoms with Gasteiger partial charge in [-0.3, -0.25) is 4.79 Å². The standard InChI is InChI=1S/C12H10Br3NO/c13-8-12(15)10(14)6-11(17)16(12)7-9-4-2-1-3-5-9/h1-6H,7-8H2. The molecule has 1 unspecified atom stereocenters. The monoisotopic (exact) mass is 421 g/mol. The summed E-state index contributed by atoms with van der Waals surface area (Å²) in [6.07, 6.45) is 1.61. The highest BCUT2D eigenvalue weighted by Gasteiger charge is 2.43. The lowest BCUT2D eigenvalue weighted by atomic mass is 10.2. The largest absolute Gasteiger partial charge is 0.314 e. The number of benzene rings is 1. The van der Waals surface area contributed by atoms with Crippen molar-refractivity contribution in [2.45, 2.75) is 11.0 Å². The lowest BCUT2D eigenvalue weighted by Gasteiger charge is -2.33. The highest BCUT2D eigenvalue weighted by atomic mass is 79.9. The minimum absolute atomic E-state index is 0.0112. The normalized spacial score (nSPS) is 24.1. The summed E-state index contributed by atoms with van der Waals surface area (Å²) in [4.78, 5) is 13.7. The van der Waals surface area contributed by atoms with Crippen LogP contribution in [0.1, 0.15) is 5.56 Å². The Bertz CT molecular complexity index is 460. The molecule has 0 spiro atoms. The molecule has 1 aromatic rings. The van der Waals surface area contributed by atoms with Crippen LogP contribution in [0.4, 0.5) is 0 Å². The first-order chi connectivity index (χ1) is 8.08. The second kappa shape index (κ2) is 5.24. The maximum Gasteiger partial charge on any atom is 0.249 e. The Labute approximate surface area is 125 Å². The van der Waals surface area contributed by atoms with Gasteiger partial charge in [0.2, 0.25) is 5.91 Å². The van der Waals surface area contributed by atoms with Gasteiger partial charge in [0, 0.05) is 22.4 Å². The summed E-state index contributed by atoms with van der Waals surface area (Å²) >= 11 is 10.5. The Morgan fingerprint density at radius 1 is 1.24 bits per heavy atom. The van der Waals surface area contributed by atoms with Gasteiger partial charge >= 0.3 is 0 Å². The zero-order valence-electron chi connectivity index (χ0n) is 8.87. The van der Waals surface area contributed by atoms with Gasteiger partial charge in [-0.15, -0.1) is 0 Å². The number of carbonyl (C=O) groups excluding carboxylic acids is 1. The van der Waals surface area contributed by atoms with E-state index in [0.717, 1.165) is 10.0 Å². The number of carbonyl (C=O) groups is 1. The molecule has 1 aliphatic heterocycles. The van der Waals surface area contributed by atoms with Crippen LogP contribution in [0.2, 0.25) is 0 Å². The molecule has 0 fully saturated rings. The van der Waals surface area contributed by atoms with E-state index in [4.69, 9.17) is 0 Å². The first kappa shape index (κ1) is 13.3. The first-order valence-electron chi connectivity index (χ1n) is 5.06. The molecule has 1 atom stereocenters. The van der Waals surface area contributed by atoms with Gasteiger partial charge in [-0.1, -0.05) is 78.1 Å². The molecule has 1 heterocycles. The second-order valence-corrected chi connectivity index (χ2v) is 6.52. The second-order valence-electron chi connectivity index (χ2n) is 3.80. The lowest BCUT2D eigenvalue weighted by molar-refractivity contribution is -0.126. The Balaban J connectivity index is 2.24. The molecule has 1 amide bonds. The van der Waals surface area contributed by atoms with Gasteiger partial charge in [0.05, 0.1) is 0 Å². The average molecular weight is 424 g/mol. The van der Waals surface area contributed by atoms with Crippen molar-refractivity contribution in [2.75, 3.05) is 5.33 Å². The maximum atomic E-state index is 11.9. The van der Waals surface area contributed by atoms with Crippen LogP contribution < -0.4 is 0 Å². The summed E-state index contributed by atoms with van der Waals surface area (Å²) in [6, 6.07) is 9.95. The van der Waals surface area contributed by atoms with Crippen molar-refractivity contribution in [2.24, 2.45) is 0 Å². The molecule has 1 aliphatic rings. The van der Waals surface area contributed by atoms with Gasteiger partial charge in [-0.25, -0.2) is 0 Å². The number of rotatable bonds is 3. The van der Waals surface area contributed by atoms with E-state index in [-0.39, 0.29) is 5.91 Å². The van der Waals surface area contributed by atoms with E-state index in [0.29, 0.717) is 11.9 Å². The van der Waals surface area contributed by atoms with Gasteiger partial charge < -0.3 is 4.90 Å². The summed E-state index contributed by atoms with van der Waals surface area (Å²) in [6.45, 7) is 0.585. The number of alkyl halides is 2. The molecular weight excluding hydrogens is 414 g/mol. The Morgan fingerprint density at radius 2 is 1.88 bits per heavy atom. The SMILES string of the molecule is O=C1C=C(Br)C(Br)(CBr)N1Cc1ccccc1. The van der Waals surface area contributed by atoms with Crippen molar-refractivity contribution in [1.29, 1.82) is 0 Å². The molecule has 0 N–H and O–H groups in total. The molecule has 1 aromatic carbocycles. The first-order valence-corrected chi connectivity index (χ1v) is 7.77. The van der Waals surface area contributed by atoms with E-state index in [1.165, 1.54) is 0 Å². The van der Waals surface area contributed by atoms with Crippen LogP contribution in [0.5, 0.6) is 0 Å². The van der Waals surface area contributed by atoms with Crippen LogP contribution in [-0.4, -0.2) is 20.6 Å². The summed E-state index contributed by atoms with van der Waals surface area (Å²) in [5.74, 6) is 0.0112. The Hall–Kier alpha value is -0.130. The van der Waals surface area contributed by atoms with E-state index in [1.807, 2.05) is 30.3 Å². The maximum absolute atomic E-state index is 11.9. The van der Waals surface area contributed by atoms with Gasteiger partial charge in [-0.2, -0.15) is 0 Å². The third kappa shape index (κ3) is 2.51. The van der Waals surface area contributed by atoms with Crippen LogP contribution in [-0.2, 0) is 11.3 Å². The zero-order chi connectivity index (χ0) is 12.5. The predicted molar refractivity (Wildman–Crippen MR) is 79.5 cm³/mol. The van der Waals surface area contributed by atoms with Crippen LogP contribution >= 0.6 is 47.8 Å². The third-order valence-corrected chi connectivity index (χ3v) is 6.79. The van der Waals surface area contributed by atoms with E-state index in [1.54, 1.807) is 11.0 Å². The quantitative estimate of drug-likeness (QED) is 0.535. The molecule has 2 nitrogen and oxygen atoms in total.